The molecule has 2 heterocycles. The number of anilines is 1. The molecular formula is C21H23N3. The molecule has 0 atom stereocenters. The van der Waals surface area contributed by atoms with Crippen molar-refractivity contribution in [2.75, 3.05) is 4.90 Å². The van der Waals surface area contributed by atoms with Crippen molar-refractivity contribution < 1.29 is 0 Å². The zero-order chi connectivity index (χ0) is 16.8. The van der Waals surface area contributed by atoms with Gasteiger partial charge in [0.25, 0.3) is 0 Å². The summed E-state index contributed by atoms with van der Waals surface area (Å²) in [6, 6.07) is 10.4. The van der Waals surface area contributed by atoms with Gasteiger partial charge < -0.3 is 5.32 Å². The summed E-state index contributed by atoms with van der Waals surface area (Å²) in [7, 11) is 0. The molecule has 1 aromatic carbocycles. The van der Waals surface area contributed by atoms with Crippen LogP contribution in [0.5, 0.6) is 0 Å². The number of nitrogens with zero attached hydrogens (tertiary/aromatic N) is 2. The molecule has 0 unspecified atom stereocenters. The molecule has 24 heavy (non-hydrogen) atoms. The van der Waals surface area contributed by atoms with E-state index in [0.717, 1.165) is 39.9 Å². The highest BCUT2D eigenvalue weighted by atomic mass is 15.3. The molecule has 1 aliphatic carbocycles. The summed E-state index contributed by atoms with van der Waals surface area (Å²) in [6.45, 7) is 12.9. The van der Waals surface area contributed by atoms with Gasteiger partial charge >= 0.3 is 0 Å². The quantitative estimate of drug-likeness (QED) is 0.841. The molecule has 0 saturated heterocycles. The smallest absolute Gasteiger partial charge is 0.142 e. The molecule has 0 amide bonds. The third-order valence-corrected chi connectivity index (χ3v) is 5.36. The van der Waals surface area contributed by atoms with Crippen LogP contribution in [0.4, 0.5) is 5.69 Å². The third-order valence-electron chi connectivity index (χ3n) is 5.36. The van der Waals surface area contributed by atoms with Crippen LogP contribution in [0.1, 0.15) is 33.1 Å². The van der Waals surface area contributed by atoms with Crippen LogP contribution in [0.25, 0.3) is 0 Å². The lowest BCUT2D eigenvalue weighted by Gasteiger charge is -2.41. The van der Waals surface area contributed by atoms with E-state index in [-0.39, 0.29) is 0 Å². The van der Waals surface area contributed by atoms with Crippen molar-refractivity contribution >= 4 is 11.5 Å². The molecular weight excluding hydrogens is 294 g/mol. The Morgan fingerprint density at radius 2 is 1.83 bits per heavy atom. The lowest BCUT2D eigenvalue weighted by atomic mass is 9.82. The van der Waals surface area contributed by atoms with Crippen LogP contribution in [0.2, 0.25) is 0 Å². The van der Waals surface area contributed by atoms with Crippen molar-refractivity contribution in [2.24, 2.45) is 10.9 Å². The van der Waals surface area contributed by atoms with Crippen LogP contribution < -0.4 is 10.2 Å². The number of hydrogen-bond acceptors (Lipinski definition) is 3. The van der Waals surface area contributed by atoms with E-state index in [4.69, 9.17) is 4.99 Å². The summed E-state index contributed by atoms with van der Waals surface area (Å²) in [5, 5.41) is 3.46. The average molecular weight is 317 g/mol. The van der Waals surface area contributed by atoms with E-state index in [1.807, 2.05) is 6.07 Å². The van der Waals surface area contributed by atoms with Gasteiger partial charge in [0.15, 0.2) is 0 Å². The predicted octanol–water partition coefficient (Wildman–Crippen LogP) is 4.88. The van der Waals surface area contributed by atoms with Crippen LogP contribution in [0.3, 0.4) is 0 Å². The maximum Gasteiger partial charge on any atom is 0.142 e. The molecule has 4 rings (SSSR count). The van der Waals surface area contributed by atoms with E-state index in [0.29, 0.717) is 5.92 Å². The number of rotatable bonds is 2. The van der Waals surface area contributed by atoms with Gasteiger partial charge in [0, 0.05) is 22.9 Å². The minimum atomic E-state index is 0.512. The van der Waals surface area contributed by atoms with Crippen molar-refractivity contribution in [3.63, 3.8) is 0 Å². The van der Waals surface area contributed by atoms with E-state index >= 15 is 0 Å². The molecule has 3 aliphatic rings. The highest BCUT2D eigenvalue weighted by molar-refractivity contribution is 6.05. The first kappa shape index (κ1) is 15.0. The summed E-state index contributed by atoms with van der Waals surface area (Å²) in [6.07, 6.45) is 3.68. The van der Waals surface area contributed by atoms with Gasteiger partial charge in [0.1, 0.15) is 11.7 Å². The predicted molar refractivity (Wildman–Crippen MR) is 101 cm³/mol. The Hall–Kier alpha value is -2.55. The molecule has 0 spiro atoms. The Kier molecular flexibility index (Phi) is 3.45. The minimum Gasteiger partial charge on any atom is -0.343 e. The highest BCUT2D eigenvalue weighted by Crippen LogP contribution is 2.41. The van der Waals surface area contributed by atoms with E-state index < -0.39 is 0 Å². The second-order valence-electron chi connectivity index (χ2n) is 6.79. The molecule has 122 valence electrons. The first-order chi connectivity index (χ1) is 11.6. The lowest BCUT2D eigenvalue weighted by Crippen LogP contribution is -2.43. The fourth-order valence-corrected chi connectivity index (χ4v) is 3.51. The summed E-state index contributed by atoms with van der Waals surface area (Å²) in [5.41, 5.74) is 6.43. The Morgan fingerprint density at radius 3 is 2.46 bits per heavy atom. The molecule has 1 N–H and O–H groups in total. The van der Waals surface area contributed by atoms with Gasteiger partial charge in [-0.2, -0.15) is 0 Å². The van der Waals surface area contributed by atoms with E-state index in [2.05, 4.69) is 61.5 Å². The molecule has 1 saturated carbocycles. The molecule has 1 fully saturated rings. The van der Waals surface area contributed by atoms with Gasteiger partial charge in [-0.3, -0.25) is 4.90 Å². The van der Waals surface area contributed by atoms with Crippen molar-refractivity contribution in [3.05, 3.63) is 77.4 Å². The Balaban J connectivity index is 1.84. The van der Waals surface area contributed by atoms with Crippen molar-refractivity contribution in [1.29, 1.82) is 0 Å². The van der Waals surface area contributed by atoms with Gasteiger partial charge in [-0.15, -0.1) is 0 Å². The first-order valence-electron chi connectivity index (χ1n) is 8.59. The Labute approximate surface area is 143 Å². The maximum atomic E-state index is 5.02. The maximum absolute atomic E-state index is 5.02. The zero-order valence-corrected chi connectivity index (χ0v) is 14.4. The van der Waals surface area contributed by atoms with E-state index in [1.165, 1.54) is 24.8 Å². The number of amidine groups is 1. The summed E-state index contributed by atoms with van der Waals surface area (Å²) >= 11 is 0. The third kappa shape index (κ3) is 2.15. The number of dihydropyridines is 1. The number of para-hydroxylation sites is 1. The zero-order valence-electron chi connectivity index (χ0n) is 14.4. The Bertz CT molecular complexity index is 820. The van der Waals surface area contributed by atoms with Crippen LogP contribution >= 0.6 is 0 Å². The standard InChI is InChI=1S/C21H23N3/c1-13-14(2)19-16(4)24(18-11-6-5-7-12-18)21(17-9-8-10-17)23-20(19)22-15(13)3/h5-7,11-12,17,22H,2,4,8-10H2,1,3H3. The second kappa shape index (κ2) is 5.52. The fourth-order valence-electron chi connectivity index (χ4n) is 3.51. The van der Waals surface area contributed by atoms with Crippen molar-refractivity contribution in [2.45, 2.75) is 33.1 Å². The largest absolute Gasteiger partial charge is 0.343 e. The van der Waals surface area contributed by atoms with Gasteiger partial charge in [0.05, 0.1) is 5.70 Å². The number of aliphatic imine (C=N–C) groups is 1. The molecule has 1 aromatic rings. The molecule has 3 nitrogen and oxygen atoms in total. The fraction of sp³-hybridized carbons (Fsp3) is 0.286. The summed E-state index contributed by atoms with van der Waals surface area (Å²) in [4.78, 5) is 7.25. The number of benzene rings is 1. The van der Waals surface area contributed by atoms with Crippen LogP contribution in [0.15, 0.2) is 82.4 Å². The second-order valence-corrected chi connectivity index (χ2v) is 6.79. The highest BCUT2D eigenvalue weighted by Gasteiger charge is 2.36. The van der Waals surface area contributed by atoms with Crippen LogP contribution in [0, 0.1) is 5.92 Å². The summed E-state index contributed by atoms with van der Waals surface area (Å²) < 4.78 is 0. The molecule has 0 radical (unpaired) electrons. The molecule has 0 bridgehead atoms. The van der Waals surface area contributed by atoms with Crippen molar-refractivity contribution in [1.82, 2.24) is 5.32 Å². The van der Waals surface area contributed by atoms with Gasteiger partial charge in [-0.1, -0.05) is 37.8 Å². The number of allylic oxidation sites excluding steroid dienone is 3. The SMILES string of the molecule is C=C1C(C)=C(C)NC2=C1C(=C)N(c1ccccc1)C(C1CCC1)=N2. The summed E-state index contributed by atoms with van der Waals surface area (Å²) in [5.74, 6) is 2.53. The van der Waals surface area contributed by atoms with Crippen LogP contribution in [-0.2, 0) is 0 Å². The topological polar surface area (TPSA) is 27.6 Å². The van der Waals surface area contributed by atoms with Gasteiger partial charge in [0.2, 0.25) is 0 Å². The normalized spacial score (nSPS) is 21.4. The van der Waals surface area contributed by atoms with Crippen molar-refractivity contribution in [3.8, 4) is 0 Å². The van der Waals surface area contributed by atoms with Gasteiger partial charge in [-0.25, -0.2) is 4.99 Å². The Morgan fingerprint density at radius 1 is 1.12 bits per heavy atom. The monoisotopic (exact) mass is 317 g/mol. The molecule has 2 aliphatic heterocycles. The number of hydrogen-bond donors (Lipinski definition) is 1. The average Bonchev–Trinajstić information content (AvgIpc) is 2.52. The lowest BCUT2D eigenvalue weighted by molar-refractivity contribution is 0.409. The molecule has 3 heteroatoms. The van der Waals surface area contributed by atoms with Crippen LogP contribution in [-0.4, -0.2) is 5.84 Å². The first-order valence-corrected chi connectivity index (χ1v) is 8.59. The minimum absolute atomic E-state index is 0.512. The molecule has 0 aromatic heterocycles. The van der Waals surface area contributed by atoms with Gasteiger partial charge in [-0.05, 0) is 50.0 Å². The van der Waals surface area contributed by atoms with E-state index in [1.54, 1.807) is 0 Å². The van der Waals surface area contributed by atoms with E-state index in [9.17, 15) is 0 Å². The number of nitrogens with one attached hydrogen (secondary N) is 1.